The van der Waals surface area contributed by atoms with Gasteiger partial charge in [-0.05, 0) is 37.5 Å². The van der Waals surface area contributed by atoms with Gasteiger partial charge >= 0.3 is 0 Å². The Labute approximate surface area is 110 Å². The molecule has 0 aliphatic carbocycles. The molecule has 0 bridgehead atoms. The highest BCUT2D eigenvalue weighted by Crippen LogP contribution is 2.19. The Balaban J connectivity index is 2.49. The first-order chi connectivity index (χ1) is 8.71. The number of rotatable bonds is 7. The highest BCUT2D eigenvalue weighted by atomic mass is 16.5. The second-order valence-corrected chi connectivity index (χ2v) is 4.40. The van der Waals surface area contributed by atoms with Crippen LogP contribution >= 0.6 is 0 Å². The molecular weight excluding hydrogens is 224 g/mol. The van der Waals surface area contributed by atoms with Crippen molar-refractivity contribution in [2.24, 2.45) is 5.92 Å². The third kappa shape index (κ3) is 4.38. The molecule has 98 valence electrons. The Hall–Kier alpha value is -1.53. The average molecular weight is 246 g/mol. The molecule has 0 aliphatic heterocycles. The van der Waals surface area contributed by atoms with Gasteiger partial charge in [-0.2, -0.15) is 5.26 Å². The molecule has 0 aliphatic rings. The molecule has 0 saturated carbocycles. The van der Waals surface area contributed by atoms with E-state index in [4.69, 9.17) is 10.00 Å². The van der Waals surface area contributed by atoms with Crippen molar-refractivity contribution in [1.29, 1.82) is 5.26 Å². The summed E-state index contributed by atoms with van der Waals surface area (Å²) in [5, 5.41) is 12.2. The molecule has 1 N–H and O–H groups in total. The predicted molar refractivity (Wildman–Crippen MR) is 73.4 cm³/mol. The number of nitrogens with zero attached hydrogens (tertiary/aromatic N) is 1. The van der Waals surface area contributed by atoms with Crippen molar-refractivity contribution >= 4 is 0 Å². The van der Waals surface area contributed by atoms with Gasteiger partial charge in [0.2, 0.25) is 0 Å². The molecular formula is C15H22N2O. The SMILES string of the molecule is CCOc1ccc(CNCC(C#N)CC)cc1C. The van der Waals surface area contributed by atoms with Crippen molar-refractivity contribution in [1.82, 2.24) is 5.32 Å². The van der Waals surface area contributed by atoms with Crippen LogP contribution in [0.2, 0.25) is 0 Å². The van der Waals surface area contributed by atoms with Crippen LogP contribution in [-0.2, 0) is 6.54 Å². The summed E-state index contributed by atoms with van der Waals surface area (Å²) < 4.78 is 5.51. The molecule has 1 aromatic carbocycles. The van der Waals surface area contributed by atoms with Crippen LogP contribution in [-0.4, -0.2) is 13.2 Å². The largest absolute Gasteiger partial charge is 0.494 e. The Bertz CT molecular complexity index is 409. The van der Waals surface area contributed by atoms with Crippen LogP contribution < -0.4 is 10.1 Å². The molecule has 0 amide bonds. The maximum Gasteiger partial charge on any atom is 0.122 e. The summed E-state index contributed by atoms with van der Waals surface area (Å²) in [6, 6.07) is 8.50. The molecule has 3 heteroatoms. The van der Waals surface area contributed by atoms with Crippen molar-refractivity contribution in [2.75, 3.05) is 13.2 Å². The fourth-order valence-corrected chi connectivity index (χ4v) is 1.81. The highest BCUT2D eigenvalue weighted by Gasteiger charge is 2.04. The van der Waals surface area contributed by atoms with Gasteiger partial charge in [0.05, 0.1) is 18.6 Å². The van der Waals surface area contributed by atoms with E-state index in [-0.39, 0.29) is 5.92 Å². The van der Waals surface area contributed by atoms with E-state index in [2.05, 4.69) is 30.4 Å². The van der Waals surface area contributed by atoms with Crippen LogP contribution in [0.15, 0.2) is 18.2 Å². The lowest BCUT2D eigenvalue weighted by molar-refractivity contribution is 0.337. The first kappa shape index (κ1) is 14.5. The van der Waals surface area contributed by atoms with Crippen LogP contribution in [0.3, 0.4) is 0 Å². The number of hydrogen-bond acceptors (Lipinski definition) is 3. The Morgan fingerprint density at radius 1 is 1.39 bits per heavy atom. The minimum atomic E-state index is 0.105. The molecule has 18 heavy (non-hydrogen) atoms. The molecule has 1 rings (SSSR count). The number of nitriles is 1. The smallest absolute Gasteiger partial charge is 0.122 e. The second kappa shape index (κ2) is 7.73. The van der Waals surface area contributed by atoms with Gasteiger partial charge in [0.25, 0.3) is 0 Å². The van der Waals surface area contributed by atoms with Gasteiger partial charge in [-0.1, -0.05) is 19.1 Å². The lowest BCUT2D eigenvalue weighted by Crippen LogP contribution is -2.21. The minimum absolute atomic E-state index is 0.105. The van der Waals surface area contributed by atoms with Crippen molar-refractivity contribution in [3.05, 3.63) is 29.3 Å². The van der Waals surface area contributed by atoms with E-state index < -0.39 is 0 Å². The van der Waals surface area contributed by atoms with Gasteiger partial charge in [-0.3, -0.25) is 0 Å². The number of ether oxygens (including phenoxy) is 1. The summed E-state index contributed by atoms with van der Waals surface area (Å²) in [6.45, 7) is 8.32. The summed E-state index contributed by atoms with van der Waals surface area (Å²) in [5.74, 6) is 1.05. The quantitative estimate of drug-likeness (QED) is 0.804. The summed E-state index contributed by atoms with van der Waals surface area (Å²) in [5.41, 5.74) is 2.38. The zero-order valence-electron chi connectivity index (χ0n) is 11.5. The van der Waals surface area contributed by atoms with E-state index in [0.717, 1.165) is 30.8 Å². The van der Waals surface area contributed by atoms with Crippen molar-refractivity contribution in [3.8, 4) is 11.8 Å². The first-order valence-electron chi connectivity index (χ1n) is 6.53. The lowest BCUT2D eigenvalue weighted by atomic mass is 10.1. The van der Waals surface area contributed by atoms with Crippen LogP contribution in [0.4, 0.5) is 0 Å². The normalized spacial score (nSPS) is 11.9. The number of hydrogen-bond donors (Lipinski definition) is 1. The first-order valence-corrected chi connectivity index (χ1v) is 6.53. The standard InChI is InChI=1S/C15H22N2O/c1-4-13(9-16)10-17-11-14-6-7-15(18-5-2)12(3)8-14/h6-8,13,17H,4-5,10-11H2,1-3H3. The molecule has 0 spiro atoms. The van der Waals surface area contributed by atoms with Gasteiger partial charge < -0.3 is 10.1 Å². The summed E-state index contributed by atoms with van der Waals surface area (Å²) in [4.78, 5) is 0. The lowest BCUT2D eigenvalue weighted by Gasteiger charge is -2.11. The summed E-state index contributed by atoms with van der Waals surface area (Å²) in [7, 11) is 0. The van der Waals surface area contributed by atoms with Crippen LogP contribution in [0, 0.1) is 24.2 Å². The zero-order valence-corrected chi connectivity index (χ0v) is 11.5. The van der Waals surface area contributed by atoms with Gasteiger partial charge in [-0.25, -0.2) is 0 Å². The Kier molecular flexibility index (Phi) is 6.24. The van der Waals surface area contributed by atoms with Crippen LogP contribution in [0.25, 0.3) is 0 Å². The highest BCUT2D eigenvalue weighted by molar-refractivity contribution is 5.36. The van der Waals surface area contributed by atoms with E-state index in [1.807, 2.05) is 19.9 Å². The van der Waals surface area contributed by atoms with E-state index in [0.29, 0.717) is 6.61 Å². The molecule has 0 radical (unpaired) electrons. The average Bonchev–Trinajstić information content (AvgIpc) is 2.38. The molecule has 1 aromatic rings. The molecule has 3 nitrogen and oxygen atoms in total. The third-order valence-corrected chi connectivity index (χ3v) is 2.93. The maximum absolute atomic E-state index is 8.86. The van der Waals surface area contributed by atoms with Gasteiger partial charge in [0.15, 0.2) is 0 Å². The monoisotopic (exact) mass is 246 g/mol. The fourth-order valence-electron chi connectivity index (χ4n) is 1.81. The van der Waals surface area contributed by atoms with Gasteiger partial charge in [-0.15, -0.1) is 0 Å². The molecule has 0 aromatic heterocycles. The fraction of sp³-hybridized carbons (Fsp3) is 0.533. The topological polar surface area (TPSA) is 45.0 Å². The van der Waals surface area contributed by atoms with Crippen LogP contribution in [0.1, 0.15) is 31.4 Å². The predicted octanol–water partition coefficient (Wildman–Crippen LogP) is 3.03. The van der Waals surface area contributed by atoms with E-state index in [1.165, 1.54) is 5.56 Å². The number of aryl methyl sites for hydroxylation is 1. The van der Waals surface area contributed by atoms with Crippen molar-refractivity contribution in [2.45, 2.75) is 33.7 Å². The second-order valence-electron chi connectivity index (χ2n) is 4.40. The Morgan fingerprint density at radius 2 is 2.17 bits per heavy atom. The van der Waals surface area contributed by atoms with E-state index in [1.54, 1.807) is 0 Å². The zero-order chi connectivity index (χ0) is 13.4. The Morgan fingerprint density at radius 3 is 2.72 bits per heavy atom. The number of nitrogens with one attached hydrogen (secondary N) is 1. The van der Waals surface area contributed by atoms with E-state index >= 15 is 0 Å². The number of benzene rings is 1. The molecule has 0 fully saturated rings. The minimum Gasteiger partial charge on any atom is -0.494 e. The molecule has 1 atom stereocenters. The third-order valence-electron chi connectivity index (χ3n) is 2.93. The van der Waals surface area contributed by atoms with E-state index in [9.17, 15) is 0 Å². The van der Waals surface area contributed by atoms with Gasteiger partial charge in [0, 0.05) is 13.1 Å². The summed E-state index contributed by atoms with van der Waals surface area (Å²) in [6.07, 6.45) is 0.895. The van der Waals surface area contributed by atoms with Gasteiger partial charge in [0.1, 0.15) is 5.75 Å². The molecule has 1 unspecified atom stereocenters. The van der Waals surface area contributed by atoms with Crippen LogP contribution in [0.5, 0.6) is 5.75 Å². The molecule has 0 saturated heterocycles. The van der Waals surface area contributed by atoms with Crippen molar-refractivity contribution in [3.63, 3.8) is 0 Å². The summed E-state index contributed by atoms with van der Waals surface area (Å²) >= 11 is 0. The van der Waals surface area contributed by atoms with Crippen molar-refractivity contribution < 1.29 is 4.74 Å². The maximum atomic E-state index is 8.86. The molecule has 0 heterocycles.